The minimum Gasteiger partial charge on any atom is -0.377 e. The smallest absolute Gasteiger partial charge is 0.235 e. The first kappa shape index (κ1) is 9.44. The maximum Gasteiger partial charge on any atom is 0.235 e. The molecule has 3 N–H and O–H groups in total. The lowest BCUT2D eigenvalue weighted by Crippen LogP contribution is -2.47. The molecule has 1 aliphatic heterocycles. The van der Waals surface area contributed by atoms with Crippen molar-refractivity contribution in [1.29, 1.82) is 0 Å². The fourth-order valence-electron chi connectivity index (χ4n) is 1.22. The summed E-state index contributed by atoms with van der Waals surface area (Å²) in [5, 5.41) is 13.9. The zero-order chi connectivity index (χ0) is 8.81. The first-order valence-corrected chi connectivity index (χ1v) is 4.13. The Morgan fingerprint density at radius 2 is 2.17 bits per heavy atom. The Bertz CT molecular complexity index is 146. The van der Waals surface area contributed by atoms with Crippen molar-refractivity contribution in [1.82, 2.24) is 15.5 Å². The van der Waals surface area contributed by atoms with Crippen LogP contribution in [0.1, 0.15) is 0 Å². The Kier molecular flexibility index (Phi) is 3.99. The van der Waals surface area contributed by atoms with Gasteiger partial charge in [-0.3, -0.25) is 9.69 Å². The minimum atomic E-state index is -0.273. The molecular weight excluding hydrogens is 158 g/mol. The van der Waals surface area contributed by atoms with Gasteiger partial charge in [0.1, 0.15) is 6.73 Å². The van der Waals surface area contributed by atoms with Crippen molar-refractivity contribution in [3.05, 3.63) is 0 Å². The van der Waals surface area contributed by atoms with Crippen molar-refractivity contribution in [3.63, 3.8) is 0 Å². The lowest BCUT2D eigenvalue weighted by Gasteiger charge is -2.26. The lowest BCUT2D eigenvalue weighted by molar-refractivity contribution is -0.123. The number of amides is 1. The maximum atomic E-state index is 11.0. The van der Waals surface area contributed by atoms with Gasteiger partial charge in [0.05, 0.1) is 6.54 Å². The minimum absolute atomic E-state index is 0.112. The molecule has 1 heterocycles. The highest BCUT2D eigenvalue weighted by molar-refractivity contribution is 5.77. The van der Waals surface area contributed by atoms with Crippen LogP contribution in [-0.2, 0) is 4.79 Å². The van der Waals surface area contributed by atoms with Gasteiger partial charge in [0, 0.05) is 26.2 Å². The second kappa shape index (κ2) is 5.08. The molecule has 0 aromatic heterocycles. The Hall–Kier alpha value is -0.650. The number of carbonyl (C=O) groups is 1. The van der Waals surface area contributed by atoms with Crippen LogP contribution >= 0.6 is 0 Å². The third-order valence-corrected chi connectivity index (χ3v) is 1.85. The molecule has 12 heavy (non-hydrogen) atoms. The molecule has 0 unspecified atom stereocenters. The molecular formula is C7H15N3O2. The lowest BCUT2D eigenvalue weighted by atomic mass is 10.3. The van der Waals surface area contributed by atoms with Crippen LogP contribution < -0.4 is 10.6 Å². The Labute approximate surface area is 71.7 Å². The molecule has 0 saturated carbocycles. The van der Waals surface area contributed by atoms with E-state index in [0.717, 1.165) is 26.2 Å². The van der Waals surface area contributed by atoms with Gasteiger partial charge in [-0.05, 0) is 0 Å². The van der Waals surface area contributed by atoms with Crippen molar-refractivity contribution in [2.75, 3.05) is 39.5 Å². The molecule has 70 valence electrons. The van der Waals surface area contributed by atoms with Crippen LogP contribution in [0.5, 0.6) is 0 Å². The summed E-state index contributed by atoms with van der Waals surface area (Å²) in [6.07, 6.45) is 0. The van der Waals surface area contributed by atoms with Crippen LogP contribution in [0.25, 0.3) is 0 Å². The van der Waals surface area contributed by atoms with E-state index in [1.54, 1.807) is 0 Å². The number of piperazine rings is 1. The standard InChI is InChI=1S/C7H15N3O2/c11-6-9-7(12)5-10-3-1-8-2-4-10/h8,11H,1-6H2,(H,9,12). The molecule has 1 fully saturated rings. The molecule has 0 bridgehead atoms. The summed E-state index contributed by atoms with van der Waals surface area (Å²) in [4.78, 5) is 13.0. The van der Waals surface area contributed by atoms with E-state index in [0.29, 0.717) is 6.54 Å². The first-order chi connectivity index (χ1) is 5.83. The maximum absolute atomic E-state index is 11.0. The van der Waals surface area contributed by atoms with E-state index in [9.17, 15) is 4.79 Å². The number of nitrogens with zero attached hydrogens (tertiary/aromatic N) is 1. The molecule has 0 radical (unpaired) electrons. The van der Waals surface area contributed by atoms with E-state index in [1.807, 2.05) is 0 Å². The zero-order valence-corrected chi connectivity index (χ0v) is 7.05. The van der Waals surface area contributed by atoms with Gasteiger partial charge in [-0.15, -0.1) is 0 Å². The zero-order valence-electron chi connectivity index (χ0n) is 7.05. The normalized spacial score (nSPS) is 19.1. The molecule has 0 atom stereocenters. The van der Waals surface area contributed by atoms with Gasteiger partial charge in [-0.1, -0.05) is 0 Å². The van der Waals surface area contributed by atoms with Crippen LogP contribution in [0, 0.1) is 0 Å². The third kappa shape index (κ3) is 3.17. The molecule has 0 aromatic carbocycles. The predicted octanol–water partition coefficient (Wildman–Crippen LogP) is -2.04. The summed E-state index contributed by atoms with van der Waals surface area (Å²) in [7, 11) is 0. The van der Waals surface area contributed by atoms with Crippen molar-refractivity contribution in [2.45, 2.75) is 0 Å². The van der Waals surface area contributed by atoms with Gasteiger partial charge in [-0.25, -0.2) is 0 Å². The van der Waals surface area contributed by atoms with E-state index >= 15 is 0 Å². The highest BCUT2D eigenvalue weighted by Gasteiger charge is 2.12. The van der Waals surface area contributed by atoms with Crippen LogP contribution in [0.15, 0.2) is 0 Å². The first-order valence-electron chi connectivity index (χ1n) is 4.13. The van der Waals surface area contributed by atoms with E-state index < -0.39 is 0 Å². The summed E-state index contributed by atoms with van der Waals surface area (Å²) < 4.78 is 0. The molecule has 1 rings (SSSR count). The van der Waals surface area contributed by atoms with E-state index in [2.05, 4.69) is 15.5 Å². The second-order valence-corrected chi connectivity index (χ2v) is 2.78. The quantitative estimate of drug-likeness (QED) is 0.430. The Morgan fingerprint density at radius 3 is 2.75 bits per heavy atom. The van der Waals surface area contributed by atoms with Crippen LogP contribution in [0.2, 0.25) is 0 Å². The second-order valence-electron chi connectivity index (χ2n) is 2.78. The third-order valence-electron chi connectivity index (χ3n) is 1.85. The van der Waals surface area contributed by atoms with E-state index in [1.165, 1.54) is 0 Å². The van der Waals surface area contributed by atoms with Gasteiger partial charge >= 0.3 is 0 Å². The number of carbonyl (C=O) groups excluding carboxylic acids is 1. The summed E-state index contributed by atoms with van der Waals surface area (Å²) in [5.74, 6) is -0.112. The monoisotopic (exact) mass is 173 g/mol. The number of nitrogens with one attached hydrogen (secondary N) is 2. The average Bonchev–Trinajstić information content (AvgIpc) is 2.06. The van der Waals surface area contributed by atoms with Crippen LogP contribution in [0.3, 0.4) is 0 Å². The molecule has 0 aromatic rings. The SMILES string of the molecule is O=C(CN1CCNCC1)NCO. The Morgan fingerprint density at radius 1 is 1.50 bits per heavy atom. The predicted molar refractivity (Wildman–Crippen MR) is 44.5 cm³/mol. The molecule has 5 heteroatoms. The van der Waals surface area contributed by atoms with Crippen molar-refractivity contribution in [2.24, 2.45) is 0 Å². The molecule has 1 aliphatic rings. The highest BCUT2D eigenvalue weighted by atomic mass is 16.3. The number of aliphatic hydroxyl groups is 1. The Balaban J connectivity index is 2.15. The van der Waals surface area contributed by atoms with Gasteiger partial charge in [0.15, 0.2) is 0 Å². The van der Waals surface area contributed by atoms with Crippen molar-refractivity contribution in [3.8, 4) is 0 Å². The summed E-state index contributed by atoms with van der Waals surface area (Å²) in [6, 6.07) is 0. The molecule has 5 nitrogen and oxygen atoms in total. The van der Waals surface area contributed by atoms with Crippen LogP contribution in [-0.4, -0.2) is 55.4 Å². The van der Waals surface area contributed by atoms with E-state index in [-0.39, 0.29) is 12.6 Å². The molecule has 1 amide bonds. The van der Waals surface area contributed by atoms with Crippen LogP contribution in [0.4, 0.5) is 0 Å². The molecule has 0 spiro atoms. The average molecular weight is 173 g/mol. The van der Waals surface area contributed by atoms with Gasteiger partial charge in [-0.2, -0.15) is 0 Å². The van der Waals surface area contributed by atoms with E-state index in [4.69, 9.17) is 5.11 Å². The van der Waals surface area contributed by atoms with Gasteiger partial charge in [0.25, 0.3) is 0 Å². The molecule has 0 aliphatic carbocycles. The van der Waals surface area contributed by atoms with Crippen molar-refractivity contribution >= 4 is 5.91 Å². The number of hydrogen-bond donors (Lipinski definition) is 3. The summed E-state index contributed by atoms with van der Waals surface area (Å²) in [5.41, 5.74) is 0. The van der Waals surface area contributed by atoms with Gasteiger partial charge in [0.2, 0.25) is 5.91 Å². The fourth-order valence-corrected chi connectivity index (χ4v) is 1.22. The van der Waals surface area contributed by atoms with Crippen molar-refractivity contribution < 1.29 is 9.90 Å². The molecule has 1 saturated heterocycles. The largest absolute Gasteiger partial charge is 0.377 e. The number of aliphatic hydroxyl groups excluding tert-OH is 1. The van der Waals surface area contributed by atoms with Gasteiger partial charge < -0.3 is 15.7 Å². The fraction of sp³-hybridized carbons (Fsp3) is 0.857. The summed E-state index contributed by atoms with van der Waals surface area (Å²) in [6.45, 7) is 3.80. The topological polar surface area (TPSA) is 64.6 Å². The number of hydrogen-bond acceptors (Lipinski definition) is 4. The summed E-state index contributed by atoms with van der Waals surface area (Å²) >= 11 is 0. The highest BCUT2D eigenvalue weighted by Crippen LogP contribution is 1.90. The number of rotatable bonds is 3.